The van der Waals surface area contributed by atoms with Crippen molar-refractivity contribution in [2.75, 3.05) is 37.1 Å². The Morgan fingerprint density at radius 2 is 1.73 bits per heavy atom. The molecule has 1 aliphatic carbocycles. The minimum Gasteiger partial charge on any atom is -0.338 e. The Morgan fingerprint density at radius 3 is 2.46 bits per heavy atom. The van der Waals surface area contributed by atoms with E-state index in [-0.39, 0.29) is 0 Å². The van der Waals surface area contributed by atoms with Gasteiger partial charge in [0.2, 0.25) is 5.95 Å². The molecule has 1 saturated heterocycles. The Balaban J connectivity index is 1.35. The number of rotatable bonds is 6. The second kappa shape index (κ2) is 10.9. The van der Waals surface area contributed by atoms with Gasteiger partial charge in [0.15, 0.2) is 5.82 Å². The van der Waals surface area contributed by atoms with Crippen molar-refractivity contribution in [2.45, 2.75) is 51.5 Å². The Bertz CT molecular complexity index is 1350. The Hall–Kier alpha value is -2.11. The summed E-state index contributed by atoms with van der Waals surface area (Å²) in [6.45, 7) is 7.90. The van der Waals surface area contributed by atoms with Crippen LogP contribution in [0.15, 0.2) is 36.5 Å². The van der Waals surface area contributed by atoms with Gasteiger partial charge in [0, 0.05) is 22.1 Å². The molecular weight excluding hydrogens is 524 g/mol. The molecular formula is C28H34Cl2N5OP. The van der Waals surface area contributed by atoms with Crippen molar-refractivity contribution < 1.29 is 4.57 Å². The number of hydrogen-bond acceptors (Lipinski definition) is 6. The standard InChI is InChI=1S/C28H34Cl2N5OP/c1-18-14-21(29)16-25(26(18)37(2,3)36)33-27-24(30)17-31-28(34-27)32-22-9-6-19-7-10-23(11-8-20(19)15-22)35-12-4-5-13-35/h6,9,14-17,23H,4-5,7-8,10-13H2,1-3H3,(H2,31,32,33,34). The van der Waals surface area contributed by atoms with Gasteiger partial charge in [-0.05, 0) is 113 Å². The van der Waals surface area contributed by atoms with Gasteiger partial charge < -0.3 is 20.1 Å². The van der Waals surface area contributed by atoms with Crippen LogP contribution in [0.4, 0.5) is 23.1 Å². The van der Waals surface area contributed by atoms with Gasteiger partial charge in [0.1, 0.15) is 12.2 Å². The van der Waals surface area contributed by atoms with Crippen molar-refractivity contribution in [3.8, 4) is 0 Å². The summed E-state index contributed by atoms with van der Waals surface area (Å²) in [6, 6.07) is 10.8. The van der Waals surface area contributed by atoms with E-state index in [1.165, 1.54) is 49.9 Å². The number of likely N-dealkylation sites (tertiary alicyclic amines) is 1. The maximum atomic E-state index is 13.0. The summed E-state index contributed by atoms with van der Waals surface area (Å²) in [5.74, 6) is 0.866. The number of anilines is 4. The fraction of sp³-hybridized carbons (Fsp3) is 0.429. The molecule has 2 heterocycles. The third-order valence-corrected chi connectivity index (χ3v) is 9.58. The van der Waals surface area contributed by atoms with Crippen LogP contribution in [0.1, 0.15) is 42.4 Å². The SMILES string of the molecule is Cc1cc(Cl)cc(Nc2nc(Nc3ccc4c(c3)CCC(N3CCCC3)CC4)ncc2Cl)c1P(C)(C)=O. The van der Waals surface area contributed by atoms with Crippen molar-refractivity contribution in [3.63, 3.8) is 0 Å². The molecule has 1 fully saturated rings. The third-order valence-electron chi connectivity index (χ3n) is 7.41. The van der Waals surface area contributed by atoms with E-state index in [4.69, 9.17) is 23.2 Å². The van der Waals surface area contributed by atoms with Crippen LogP contribution in [-0.4, -0.2) is 47.3 Å². The highest BCUT2D eigenvalue weighted by atomic mass is 35.5. The highest BCUT2D eigenvalue weighted by Gasteiger charge is 2.25. The molecule has 1 aliphatic heterocycles. The molecule has 37 heavy (non-hydrogen) atoms. The predicted octanol–water partition coefficient (Wildman–Crippen LogP) is 7.17. The zero-order chi connectivity index (χ0) is 26.2. The number of halogens is 2. The summed E-state index contributed by atoms with van der Waals surface area (Å²) in [4.78, 5) is 11.7. The van der Waals surface area contributed by atoms with E-state index in [2.05, 4.69) is 43.7 Å². The average molecular weight is 558 g/mol. The van der Waals surface area contributed by atoms with Gasteiger partial charge >= 0.3 is 0 Å². The Morgan fingerprint density at radius 1 is 1.00 bits per heavy atom. The lowest BCUT2D eigenvalue weighted by Gasteiger charge is -2.25. The molecule has 3 aromatic rings. The third kappa shape index (κ3) is 6.15. The molecule has 2 aromatic carbocycles. The smallest absolute Gasteiger partial charge is 0.229 e. The van der Waals surface area contributed by atoms with Crippen molar-refractivity contribution in [2.24, 2.45) is 0 Å². The van der Waals surface area contributed by atoms with Gasteiger partial charge in [0.05, 0.1) is 11.9 Å². The Labute approximate surface area is 229 Å². The molecule has 0 amide bonds. The van der Waals surface area contributed by atoms with Crippen LogP contribution in [0, 0.1) is 6.92 Å². The molecule has 1 aromatic heterocycles. The zero-order valence-corrected chi connectivity index (χ0v) is 24.1. The van der Waals surface area contributed by atoms with Crippen LogP contribution in [0.2, 0.25) is 10.0 Å². The maximum Gasteiger partial charge on any atom is 0.229 e. The first-order valence-electron chi connectivity index (χ1n) is 13.0. The number of aryl methyl sites for hydroxylation is 3. The van der Waals surface area contributed by atoms with Crippen molar-refractivity contribution in [3.05, 3.63) is 63.3 Å². The van der Waals surface area contributed by atoms with E-state index in [1.807, 2.05) is 13.0 Å². The van der Waals surface area contributed by atoms with Crippen LogP contribution < -0.4 is 15.9 Å². The van der Waals surface area contributed by atoms with E-state index >= 15 is 0 Å². The van der Waals surface area contributed by atoms with Gasteiger partial charge in [-0.1, -0.05) is 29.3 Å². The van der Waals surface area contributed by atoms with Crippen molar-refractivity contribution in [1.82, 2.24) is 14.9 Å². The summed E-state index contributed by atoms with van der Waals surface area (Å²) in [7, 11) is -2.58. The van der Waals surface area contributed by atoms with Crippen molar-refractivity contribution >= 4 is 58.8 Å². The molecule has 6 nitrogen and oxygen atoms in total. The lowest BCUT2D eigenvalue weighted by atomic mass is 10.0. The monoisotopic (exact) mass is 557 g/mol. The number of hydrogen-bond donors (Lipinski definition) is 2. The van der Waals surface area contributed by atoms with E-state index < -0.39 is 7.14 Å². The molecule has 1 atom stereocenters. The second-order valence-electron chi connectivity index (χ2n) is 10.6. The predicted molar refractivity (Wildman–Crippen MR) is 157 cm³/mol. The first-order valence-corrected chi connectivity index (χ1v) is 16.3. The fourth-order valence-corrected chi connectivity index (χ4v) is 7.78. The highest BCUT2D eigenvalue weighted by Crippen LogP contribution is 2.41. The molecule has 5 rings (SSSR count). The molecule has 0 saturated carbocycles. The summed E-state index contributed by atoms with van der Waals surface area (Å²) in [5, 5.41) is 8.27. The van der Waals surface area contributed by atoms with Crippen LogP contribution >= 0.6 is 30.3 Å². The lowest BCUT2D eigenvalue weighted by molar-refractivity contribution is 0.222. The Kier molecular flexibility index (Phi) is 7.83. The molecule has 0 radical (unpaired) electrons. The van der Waals surface area contributed by atoms with Gasteiger partial charge in [-0.3, -0.25) is 0 Å². The largest absolute Gasteiger partial charge is 0.338 e. The van der Waals surface area contributed by atoms with Crippen LogP contribution in [0.25, 0.3) is 0 Å². The first-order chi connectivity index (χ1) is 17.7. The highest BCUT2D eigenvalue weighted by molar-refractivity contribution is 7.70. The topological polar surface area (TPSA) is 70.2 Å². The van der Waals surface area contributed by atoms with E-state index in [1.54, 1.807) is 25.6 Å². The average Bonchev–Trinajstić information content (AvgIpc) is 3.27. The summed E-state index contributed by atoms with van der Waals surface area (Å²) in [6.07, 6.45) is 8.91. The van der Waals surface area contributed by atoms with Crippen LogP contribution in [0.3, 0.4) is 0 Å². The quantitative estimate of drug-likeness (QED) is 0.247. The normalized spacial score (nSPS) is 18.4. The van der Waals surface area contributed by atoms with Gasteiger partial charge in [-0.2, -0.15) is 4.98 Å². The van der Waals surface area contributed by atoms with Gasteiger partial charge in [-0.15, -0.1) is 0 Å². The molecule has 1 unspecified atom stereocenters. The number of nitrogens with one attached hydrogen (secondary N) is 2. The molecule has 2 N–H and O–H groups in total. The molecule has 196 valence electrons. The maximum absolute atomic E-state index is 13.0. The minimum atomic E-state index is -2.58. The number of nitrogens with zero attached hydrogens (tertiary/aromatic N) is 3. The fourth-order valence-electron chi connectivity index (χ4n) is 5.76. The molecule has 2 aliphatic rings. The molecule has 0 spiro atoms. The van der Waals surface area contributed by atoms with Crippen molar-refractivity contribution in [1.29, 1.82) is 0 Å². The summed E-state index contributed by atoms with van der Waals surface area (Å²) in [5.41, 5.74) is 5.31. The minimum absolute atomic E-state index is 0.367. The van der Waals surface area contributed by atoms with E-state index in [0.29, 0.717) is 33.5 Å². The number of fused-ring (bicyclic) bond motifs is 1. The van der Waals surface area contributed by atoms with E-state index in [9.17, 15) is 4.57 Å². The molecule has 9 heteroatoms. The second-order valence-corrected chi connectivity index (χ2v) is 14.6. The zero-order valence-electron chi connectivity index (χ0n) is 21.7. The summed E-state index contributed by atoms with van der Waals surface area (Å²) < 4.78 is 13.0. The van der Waals surface area contributed by atoms with Gasteiger partial charge in [0.25, 0.3) is 0 Å². The van der Waals surface area contributed by atoms with Crippen LogP contribution in [0.5, 0.6) is 0 Å². The first kappa shape index (κ1) is 26.5. The van der Waals surface area contributed by atoms with Gasteiger partial charge in [-0.25, -0.2) is 4.98 Å². The molecule has 0 bridgehead atoms. The lowest BCUT2D eigenvalue weighted by Crippen LogP contribution is -2.32. The summed E-state index contributed by atoms with van der Waals surface area (Å²) >= 11 is 12.8. The van der Waals surface area contributed by atoms with E-state index in [0.717, 1.165) is 29.4 Å². The number of aromatic nitrogens is 2. The number of benzene rings is 2. The van der Waals surface area contributed by atoms with Crippen LogP contribution in [-0.2, 0) is 17.4 Å².